The number of methoxy groups -OCH3 is 1. The van der Waals surface area contributed by atoms with Crippen molar-refractivity contribution in [1.29, 1.82) is 0 Å². The van der Waals surface area contributed by atoms with Crippen LogP contribution in [0.15, 0.2) is 47.4 Å². The zero-order valence-electron chi connectivity index (χ0n) is 11.8. The molecule has 0 aliphatic heterocycles. The highest BCUT2D eigenvalue weighted by Crippen LogP contribution is 2.22. The summed E-state index contributed by atoms with van der Waals surface area (Å²) in [5.41, 5.74) is 2.10. The summed E-state index contributed by atoms with van der Waals surface area (Å²) in [4.78, 5) is 13.8. The minimum absolute atomic E-state index is 0.0572. The van der Waals surface area contributed by atoms with E-state index < -0.39 is 21.7 Å². The molecule has 0 aliphatic carbocycles. The van der Waals surface area contributed by atoms with Gasteiger partial charge in [0.05, 0.1) is 17.6 Å². The maximum absolute atomic E-state index is 12.8. The van der Waals surface area contributed by atoms with Crippen LogP contribution in [0.25, 0.3) is 0 Å². The number of sulfonamides is 1. The Morgan fingerprint density at radius 1 is 1.17 bits per heavy atom. The second kappa shape index (κ2) is 6.95. The van der Waals surface area contributed by atoms with Crippen molar-refractivity contribution in [1.82, 2.24) is 10.3 Å². The van der Waals surface area contributed by atoms with E-state index in [1.54, 1.807) is 0 Å². The molecule has 23 heavy (non-hydrogen) atoms. The third-order valence-corrected chi connectivity index (χ3v) is 4.33. The van der Waals surface area contributed by atoms with Crippen molar-refractivity contribution in [2.75, 3.05) is 7.11 Å². The molecule has 6 nitrogen and oxygen atoms in total. The number of hydrogen-bond donors (Lipinski definition) is 2. The SMILES string of the molecule is COc1ccc(Cl)cc1C(=O)NNS(=O)(=O)c1ccc(F)cc1. The minimum atomic E-state index is -4.03. The third kappa shape index (κ3) is 4.19. The van der Waals surface area contributed by atoms with E-state index in [1.807, 2.05) is 10.3 Å². The molecule has 0 radical (unpaired) electrons. The molecule has 0 unspecified atom stereocenters. The first-order valence-electron chi connectivity index (χ1n) is 6.25. The number of rotatable bonds is 5. The number of amides is 1. The zero-order valence-corrected chi connectivity index (χ0v) is 13.4. The van der Waals surface area contributed by atoms with E-state index in [9.17, 15) is 17.6 Å². The maximum Gasteiger partial charge on any atom is 0.270 e. The van der Waals surface area contributed by atoms with E-state index in [0.29, 0.717) is 0 Å². The summed E-state index contributed by atoms with van der Waals surface area (Å²) in [7, 11) is -2.67. The Balaban J connectivity index is 2.15. The molecular weight excluding hydrogens is 347 g/mol. The lowest BCUT2D eigenvalue weighted by Crippen LogP contribution is -2.41. The number of hydrazine groups is 1. The molecule has 2 N–H and O–H groups in total. The van der Waals surface area contributed by atoms with Crippen molar-refractivity contribution in [2.24, 2.45) is 0 Å². The second-order valence-corrected chi connectivity index (χ2v) is 6.48. The van der Waals surface area contributed by atoms with Crippen molar-refractivity contribution in [3.63, 3.8) is 0 Å². The quantitative estimate of drug-likeness (QED) is 0.802. The molecule has 1 amide bonds. The predicted molar refractivity (Wildman–Crippen MR) is 82.2 cm³/mol. The Morgan fingerprint density at radius 3 is 2.43 bits per heavy atom. The van der Waals surface area contributed by atoms with E-state index in [4.69, 9.17) is 16.3 Å². The first-order valence-corrected chi connectivity index (χ1v) is 8.11. The number of carbonyl (C=O) groups excluding carboxylic acids is 1. The molecule has 0 atom stereocenters. The molecule has 2 rings (SSSR count). The molecule has 122 valence electrons. The summed E-state index contributed by atoms with van der Waals surface area (Å²) in [6.07, 6.45) is 0. The minimum Gasteiger partial charge on any atom is -0.496 e. The summed E-state index contributed by atoms with van der Waals surface area (Å²) < 4.78 is 41.8. The van der Waals surface area contributed by atoms with Crippen LogP contribution in [-0.2, 0) is 10.0 Å². The van der Waals surface area contributed by atoms with Crippen molar-refractivity contribution in [3.05, 3.63) is 58.9 Å². The Morgan fingerprint density at radius 2 is 1.83 bits per heavy atom. The van der Waals surface area contributed by atoms with Crippen LogP contribution in [0.4, 0.5) is 4.39 Å². The van der Waals surface area contributed by atoms with E-state index in [1.165, 1.54) is 25.3 Å². The average molecular weight is 359 g/mol. The number of hydrogen-bond acceptors (Lipinski definition) is 4. The van der Waals surface area contributed by atoms with E-state index in [2.05, 4.69) is 0 Å². The van der Waals surface area contributed by atoms with Crippen LogP contribution < -0.4 is 15.0 Å². The smallest absolute Gasteiger partial charge is 0.270 e. The van der Waals surface area contributed by atoms with Gasteiger partial charge < -0.3 is 4.74 Å². The number of nitrogens with one attached hydrogen (secondary N) is 2. The lowest BCUT2D eigenvalue weighted by molar-refractivity contribution is 0.0942. The molecule has 0 fully saturated rings. The predicted octanol–water partition coefficient (Wildman–Crippen LogP) is 2.11. The summed E-state index contributed by atoms with van der Waals surface area (Å²) >= 11 is 5.81. The van der Waals surface area contributed by atoms with Crippen LogP contribution in [-0.4, -0.2) is 21.4 Å². The van der Waals surface area contributed by atoms with Gasteiger partial charge in [-0.05, 0) is 42.5 Å². The number of ether oxygens (including phenoxy) is 1. The molecule has 0 spiro atoms. The van der Waals surface area contributed by atoms with Gasteiger partial charge in [-0.25, -0.2) is 12.8 Å². The number of halogens is 2. The van der Waals surface area contributed by atoms with Crippen LogP contribution in [0.3, 0.4) is 0 Å². The zero-order chi connectivity index (χ0) is 17.0. The molecular formula is C14H12ClFN2O4S. The van der Waals surface area contributed by atoms with Crippen molar-refractivity contribution in [2.45, 2.75) is 4.90 Å². The summed E-state index contributed by atoms with van der Waals surface area (Å²) in [6, 6.07) is 8.48. The number of carbonyl (C=O) groups is 1. The monoisotopic (exact) mass is 358 g/mol. The summed E-state index contributed by atoms with van der Waals surface area (Å²) in [5.74, 6) is -1.10. The fourth-order valence-electron chi connectivity index (χ4n) is 1.71. The van der Waals surface area contributed by atoms with Gasteiger partial charge in [0.25, 0.3) is 15.9 Å². The Bertz CT molecular complexity index is 825. The van der Waals surface area contributed by atoms with Crippen LogP contribution in [0, 0.1) is 5.82 Å². The lowest BCUT2D eigenvalue weighted by Gasteiger charge is -2.11. The van der Waals surface area contributed by atoms with Gasteiger partial charge >= 0.3 is 0 Å². The Hall–Kier alpha value is -2.16. The molecule has 0 heterocycles. The van der Waals surface area contributed by atoms with E-state index in [-0.39, 0.29) is 21.2 Å². The van der Waals surface area contributed by atoms with Gasteiger partial charge in [0.2, 0.25) is 0 Å². The van der Waals surface area contributed by atoms with Crippen LogP contribution in [0.1, 0.15) is 10.4 Å². The van der Waals surface area contributed by atoms with E-state index in [0.717, 1.165) is 24.3 Å². The van der Waals surface area contributed by atoms with Gasteiger partial charge in [0.15, 0.2) is 0 Å². The van der Waals surface area contributed by atoms with Crippen LogP contribution >= 0.6 is 11.6 Å². The third-order valence-electron chi connectivity index (χ3n) is 2.83. The number of benzene rings is 2. The summed E-state index contributed by atoms with van der Waals surface area (Å²) in [5, 5.41) is 0.289. The molecule has 0 aliphatic rings. The molecule has 0 aromatic heterocycles. The highest BCUT2D eigenvalue weighted by Gasteiger charge is 2.18. The molecule has 9 heteroatoms. The van der Waals surface area contributed by atoms with Gasteiger partial charge in [-0.3, -0.25) is 10.2 Å². The largest absolute Gasteiger partial charge is 0.496 e. The fourth-order valence-corrected chi connectivity index (χ4v) is 2.72. The highest BCUT2D eigenvalue weighted by atomic mass is 35.5. The highest BCUT2D eigenvalue weighted by molar-refractivity contribution is 7.89. The van der Waals surface area contributed by atoms with Gasteiger partial charge in [0, 0.05) is 5.02 Å². The molecule has 0 saturated carbocycles. The normalized spacial score (nSPS) is 11.1. The molecule has 0 saturated heterocycles. The lowest BCUT2D eigenvalue weighted by atomic mass is 10.2. The molecule has 2 aromatic carbocycles. The van der Waals surface area contributed by atoms with Gasteiger partial charge in [-0.1, -0.05) is 11.6 Å². The van der Waals surface area contributed by atoms with Crippen molar-refractivity contribution < 1.29 is 22.3 Å². The van der Waals surface area contributed by atoms with Crippen LogP contribution in [0.5, 0.6) is 5.75 Å². The Labute approximate surface area is 137 Å². The maximum atomic E-state index is 12.8. The van der Waals surface area contributed by atoms with Crippen molar-refractivity contribution >= 4 is 27.5 Å². The molecule has 0 bridgehead atoms. The van der Waals surface area contributed by atoms with Gasteiger partial charge in [-0.2, -0.15) is 0 Å². The second-order valence-electron chi connectivity index (χ2n) is 4.36. The summed E-state index contributed by atoms with van der Waals surface area (Å²) in [6.45, 7) is 0. The first kappa shape index (κ1) is 17.2. The van der Waals surface area contributed by atoms with Crippen molar-refractivity contribution in [3.8, 4) is 5.75 Å². The van der Waals surface area contributed by atoms with Gasteiger partial charge in [0.1, 0.15) is 11.6 Å². The topological polar surface area (TPSA) is 84.5 Å². The average Bonchev–Trinajstić information content (AvgIpc) is 2.53. The first-order chi connectivity index (χ1) is 10.8. The van der Waals surface area contributed by atoms with Crippen LogP contribution in [0.2, 0.25) is 5.02 Å². The Kier molecular flexibility index (Phi) is 5.19. The van der Waals surface area contributed by atoms with Gasteiger partial charge in [-0.15, -0.1) is 4.83 Å². The standard InChI is InChI=1S/C14H12ClFN2O4S/c1-22-13-7-2-9(15)8-12(13)14(19)17-18-23(20,21)11-5-3-10(16)4-6-11/h2-8,18H,1H3,(H,17,19). The van der Waals surface area contributed by atoms with E-state index >= 15 is 0 Å². The molecule has 2 aromatic rings. The fraction of sp³-hybridized carbons (Fsp3) is 0.0714.